The highest BCUT2D eigenvalue weighted by molar-refractivity contribution is 5.41. The van der Waals surface area contributed by atoms with Crippen LogP contribution in [0.2, 0.25) is 0 Å². The Hall–Kier alpha value is -2.04. The Morgan fingerprint density at radius 3 is 1.80 bits per heavy atom. The molecule has 0 heterocycles. The van der Waals surface area contributed by atoms with Crippen LogP contribution >= 0.6 is 0 Å². The minimum absolute atomic E-state index is 0.0109. The van der Waals surface area contributed by atoms with Gasteiger partial charge >= 0.3 is 0 Å². The highest BCUT2D eigenvalue weighted by Crippen LogP contribution is 2.33. The zero-order valence-electron chi connectivity index (χ0n) is 15.2. The van der Waals surface area contributed by atoms with E-state index in [4.69, 9.17) is 14.6 Å². The summed E-state index contributed by atoms with van der Waals surface area (Å²) in [5.41, 5.74) is 2.20. The van der Waals surface area contributed by atoms with E-state index in [1.54, 1.807) is 0 Å². The fraction of sp³-hybridized carbons (Fsp3) is 0.429. The van der Waals surface area contributed by atoms with Crippen LogP contribution in [-0.2, 0) is 5.41 Å². The van der Waals surface area contributed by atoms with Crippen LogP contribution in [0.4, 0.5) is 0 Å². The van der Waals surface area contributed by atoms with E-state index in [0.29, 0.717) is 19.6 Å². The monoisotopic (exact) mass is 344 g/mol. The van der Waals surface area contributed by atoms with Gasteiger partial charge < -0.3 is 19.7 Å². The lowest BCUT2D eigenvalue weighted by Gasteiger charge is -2.26. The summed E-state index contributed by atoms with van der Waals surface area (Å²) < 4.78 is 11.0. The minimum atomic E-state index is -0.428. The van der Waals surface area contributed by atoms with Crippen LogP contribution in [0.25, 0.3) is 0 Å². The first-order chi connectivity index (χ1) is 12.0. The van der Waals surface area contributed by atoms with Gasteiger partial charge in [-0.3, -0.25) is 0 Å². The molecule has 0 aromatic heterocycles. The van der Waals surface area contributed by atoms with Crippen molar-refractivity contribution in [2.75, 3.05) is 19.8 Å². The van der Waals surface area contributed by atoms with Crippen molar-refractivity contribution in [2.45, 2.75) is 38.7 Å². The lowest BCUT2D eigenvalue weighted by atomic mass is 9.78. The van der Waals surface area contributed by atoms with Gasteiger partial charge in [-0.1, -0.05) is 45.0 Å². The van der Waals surface area contributed by atoms with Crippen molar-refractivity contribution < 1.29 is 19.7 Å². The molecule has 0 radical (unpaired) electrons. The predicted octanol–water partition coefficient (Wildman–Crippen LogP) is 3.53. The van der Waals surface area contributed by atoms with E-state index in [9.17, 15) is 5.11 Å². The highest BCUT2D eigenvalue weighted by atomic mass is 16.5. The molecule has 0 spiro atoms. The van der Waals surface area contributed by atoms with Crippen LogP contribution in [0.15, 0.2) is 48.5 Å². The van der Waals surface area contributed by atoms with Gasteiger partial charge in [0.2, 0.25) is 0 Å². The fourth-order valence-corrected chi connectivity index (χ4v) is 2.58. The van der Waals surface area contributed by atoms with Crippen molar-refractivity contribution in [1.82, 2.24) is 0 Å². The molecule has 0 aliphatic rings. The fourth-order valence-electron chi connectivity index (χ4n) is 2.58. The molecular weight excluding hydrogens is 316 g/mol. The van der Waals surface area contributed by atoms with Gasteiger partial charge in [0.1, 0.15) is 24.7 Å². The molecule has 2 aromatic carbocycles. The number of hydrogen-bond acceptors (Lipinski definition) is 4. The topological polar surface area (TPSA) is 58.9 Å². The number of hydrogen-bond donors (Lipinski definition) is 2. The molecule has 0 saturated heterocycles. The molecule has 0 amide bonds. The quantitative estimate of drug-likeness (QED) is 0.730. The average Bonchev–Trinajstić information content (AvgIpc) is 2.65. The van der Waals surface area contributed by atoms with Crippen molar-refractivity contribution in [3.05, 3.63) is 59.7 Å². The molecule has 0 bridgehead atoms. The van der Waals surface area contributed by atoms with Crippen molar-refractivity contribution in [3.8, 4) is 11.5 Å². The third-order valence-corrected chi connectivity index (χ3v) is 4.43. The summed E-state index contributed by atoms with van der Waals surface area (Å²) in [4.78, 5) is 0. The molecule has 1 unspecified atom stereocenters. The van der Waals surface area contributed by atoms with E-state index < -0.39 is 6.10 Å². The SMILES string of the molecule is CCC(O)COc1ccc(C(C)(C)c2ccc(OCCO)cc2)cc1. The second-order valence-corrected chi connectivity index (χ2v) is 6.62. The first kappa shape index (κ1) is 19.3. The molecule has 0 saturated carbocycles. The number of benzene rings is 2. The molecule has 0 aliphatic carbocycles. The van der Waals surface area contributed by atoms with Gasteiger partial charge in [-0.05, 0) is 41.8 Å². The zero-order chi connectivity index (χ0) is 18.3. The van der Waals surface area contributed by atoms with Crippen LogP contribution in [0.1, 0.15) is 38.3 Å². The summed E-state index contributed by atoms with van der Waals surface area (Å²) in [6.45, 7) is 6.91. The summed E-state index contributed by atoms with van der Waals surface area (Å²) in [5, 5.41) is 18.4. The Morgan fingerprint density at radius 1 is 0.880 bits per heavy atom. The van der Waals surface area contributed by atoms with Gasteiger partial charge in [-0.15, -0.1) is 0 Å². The molecule has 2 rings (SSSR count). The zero-order valence-corrected chi connectivity index (χ0v) is 15.2. The summed E-state index contributed by atoms with van der Waals surface area (Å²) in [6.07, 6.45) is 0.256. The van der Waals surface area contributed by atoms with Crippen molar-refractivity contribution >= 4 is 0 Å². The molecule has 136 valence electrons. The van der Waals surface area contributed by atoms with E-state index >= 15 is 0 Å². The maximum absolute atomic E-state index is 9.58. The lowest BCUT2D eigenvalue weighted by molar-refractivity contribution is 0.104. The summed E-state index contributed by atoms with van der Waals surface area (Å²) in [5.74, 6) is 1.52. The van der Waals surface area contributed by atoms with Crippen LogP contribution in [-0.4, -0.2) is 36.1 Å². The molecule has 25 heavy (non-hydrogen) atoms. The molecule has 2 aromatic rings. The minimum Gasteiger partial charge on any atom is -0.491 e. The van der Waals surface area contributed by atoms with Crippen LogP contribution in [0, 0.1) is 0 Å². The Labute approximate surface area is 150 Å². The highest BCUT2D eigenvalue weighted by Gasteiger charge is 2.23. The van der Waals surface area contributed by atoms with Crippen molar-refractivity contribution in [2.24, 2.45) is 0 Å². The largest absolute Gasteiger partial charge is 0.491 e. The molecule has 0 aliphatic heterocycles. The molecule has 4 nitrogen and oxygen atoms in total. The smallest absolute Gasteiger partial charge is 0.119 e. The van der Waals surface area contributed by atoms with Crippen molar-refractivity contribution in [3.63, 3.8) is 0 Å². The van der Waals surface area contributed by atoms with E-state index in [2.05, 4.69) is 38.1 Å². The lowest BCUT2D eigenvalue weighted by Crippen LogP contribution is -2.19. The third-order valence-electron chi connectivity index (χ3n) is 4.43. The van der Waals surface area contributed by atoms with Crippen LogP contribution in [0.3, 0.4) is 0 Å². The third kappa shape index (κ3) is 5.21. The Kier molecular flexibility index (Phi) is 6.85. The second kappa shape index (κ2) is 8.88. The molecular formula is C21H28O4. The normalized spacial score (nSPS) is 12.7. The number of rotatable bonds is 9. The van der Waals surface area contributed by atoms with Gasteiger partial charge in [0.05, 0.1) is 12.7 Å². The maximum atomic E-state index is 9.58. The van der Waals surface area contributed by atoms with Gasteiger partial charge in [0.15, 0.2) is 0 Å². The van der Waals surface area contributed by atoms with Crippen LogP contribution < -0.4 is 9.47 Å². The second-order valence-electron chi connectivity index (χ2n) is 6.62. The summed E-state index contributed by atoms with van der Waals surface area (Å²) in [6, 6.07) is 16.0. The van der Waals surface area contributed by atoms with Gasteiger partial charge in [0.25, 0.3) is 0 Å². The summed E-state index contributed by atoms with van der Waals surface area (Å²) >= 11 is 0. The molecule has 1 atom stereocenters. The molecule has 4 heteroatoms. The molecule has 2 N–H and O–H groups in total. The number of ether oxygens (including phenoxy) is 2. The average molecular weight is 344 g/mol. The Morgan fingerprint density at radius 2 is 1.36 bits per heavy atom. The Balaban J connectivity index is 2.07. The van der Waals surface area contributed by atoms with Gasteiger partial charge in [-0.2, -0.15) is 0 Å². The number of aliphatic hydroxyl groups excluding tert-OH is 2. The van der Waals surface area contributed by atoms with Gasteiger partial charge in [0, 0.05) is 5.41 Å². The van der Waals surface area contributed by atoms with Crippen molar-refractivity contribution in [1.29, 1.82) is 0 Å². The standard InChI is InChI=1S/C21H28O4/c1-4-18(23)15-25-20-11-7-17(8-12-20)21(2,3)16-5-9-19(10-6-16)24-14-13-22/h5-12,18,22-23H,4,13-15H2,1-3H3. The summed E-state index contributed by atoms with van der Waals surface area (Å²) in [7, 11) is 0. The first-order valence-corrected chi connectivity index (χ1v) is 8.73. The number of aliphatic hydroxyl groups is 2. The Bertz CT molecular complexity index is 632. The van der Waals surface area contributed by atoms with E-state index in [1.807, 2.05) is 31.2 Å². The molecule has 0 fully saturated rings. The first-order valence-electron chi connectivity index (χ1n) is 8.73. The van der Waals surface area contributed by atoms with Gasteiger partial charge in [-0.25, -0.2) is 0 Å². The van der Waals surface area contributed by atoms with Crippen LogP contribution in [0.5, 0.6) is 11.5 Å². The van der Waals surface area contributed by atoms with E-state index in [-0.39, 0.29) is 12.0 Å². The predicted molar refractivity (Wildman–Crippen MR) is 99.4 cm³/mol. The van der Waals surface area contributed by atoms with E-state index in [1.165, 1.54) is 11.1 Å². The maximum Gasteiger partial charge on any atom is 0.119 e. The van der Waals surface area contributed by atoms with E-state index in [0.717, 1.165) is 11.5 Å².